The minimum Gasteiger partial charge on any atom is -0.508 e. The summed E-state index contributed by atoms with van der Waals surface area (Å²) in [6.45, 7) is 7.39. The summed E-state index contributed by atoms with van der Waals surface area (Å²) >= 11 is 0. The molecule has 0 bridgehead atoms. The van der Waals surface area contributed by atoms with Crippen molar-refractivity contribution in [2.45, 2.75) is 39.5 Å². The fourth-order valence-corrected chi connectivity index (χ4v) is 1.39. The SMILES string of the molecule is [2H]c1c(O)c([2H])c(C(C)C)c(O)c1C(C)C. The normalized spacial score (nSPS) is 13.3. The molecule has 0 saturated carbocycles. The molecule has 0 fully saturated rings. The monoisotopic (exact) mass is 196 g/mol. The molecule has 14 heavy (non-hydrogen) atoms. The lowest BCUT2D eigenvalue weighted by molar-refractivity contribution is 0.441. The largest absolute Gasteiger partial charge is 0.508 e. The van der Waals surface area contributed by atoms with E-state index in [9.17, 15) is 10.2 Å². The van der Waals surface area contributed by atoms with Crippen LogP contribution in [-0.4, -0.2) is 10.2 Å². The van der Waals surface area contributed by atoms with Gasteiger partial charge in [-0.1, -0.05) is 27.7 Å². The minimum absolute atomic E-state index is 0.0159. The average Bonchev–Trinajstić information content (AvgIpc) is 2.13. The summed E-state index contributed by atoms with van der Waals surface area (Å²) in [5.41, 5.74) is 0.828. The Morgan fingerprint density at radius 2 is 1.36 bits per heavy atom. The van der Waals surface area contributed by atoms with E-state index < -0.39 is 0 Å². The maximum atomic E-state index is 10.1. The highest BCUT2D eigenvalue weighted by Crippen LogP contribution is 2.36. The first-order chi connectivity index (χ1) is 7.29. The Kier molecular flexibility index (Phi) is 2.28. The topological polar surface area (TPSA) is 40.5 Å². The molecule has 1 aromatic carbocycles. The summed E-state index contributed by atoms with van der Waals surface area (Å²) < 4.78 is 15.4. The molecule has 0 aliphatic heterocycles. The molecule has 2 heteroatoms. The fourth-order valence-electron chi connectivity index (χ4n) is 1.39. The molecule has 0 unspecified atom stereocenters. The summed E-state index contributed by atoms with van der Waals surface area (Å²) in [7, 11) is 0. The Hall–Kier alpha value is -1.18. The maximum Gasteiger partial charge on any atom is 0.122 e. The van der Waals surface area contributed by atoms with Gasteiger partial charge in [-0.05, 0) is 23.9 Å². The molecule has 2 N–H and O–H groups in total. The van der Waals surface area contributed by atoms with Crippen molar-refractivity contribution in [2.24, 2.45) is 0 Å². The number of rotatable bonds is 2. The van der Waals surface area contributed by atoms with E-state index in [1.165, 1.54) is 0 Å². The minimum atomic E-state index is -0.342. The Labute approximate surface area is 88.0 Å². The van der Waals surface area contributed by atoms with Crippen LogP contribution in [0.4, 0.5) is 0 Å². The van der Waals surface area contributed by atoms with Crippen LogP contribution in [0.1, 0.15) is 53.4 Å². The third-order valence-corrected chi connectivity index (χ3v) is 2.17. The maximum absolute atomic E-state index is 10.1. The lowest BCUT2D eigenvalue weighted by atomic mass is 9.93. The van der Waals surface area contributed by atoms with E-state index in [2.05, 4.69) is 0 Å². The van der Waals surface area contributed by atoms with Gasteiger partial charge in [0, 0.05) is 11.1 Å². The summed E-state index contributed by atoms with van der Waals surface area (Å²) in [6, 6.07) is -0.274. The van der Waals surface area contributed by atoms with Gasteiger partial charge in [0.25, 0.3) is 0 Å². The van der Waals surface area contributed by atoms with Gasteiger partial charge in [0.1, 0.15) is 11.5 Å². The lowest BCUT2D eigenvalue weighted by Gasteiger charge is -2.15. The second-order valence-corrected chi connectivity index (χ2v) is 4.08. The van der Waals surface area contributed by atoms with Crippen molar-refractivity contribution < 1.29 is 13.0 Å². The summed E-state index contributed by atoms with van der Waals surface area (Å²) in [5, 5.41) is 19.8. The first kappa shape index (κ1) is 8.16. The smallest absolute Gasteiger partial charge is 0.122 e. The van der Waals surface area contributed by atoms with E-state index in [-0.39, 0.29) is 35.4 Å². The second kappa shape index (κ2) is 3.91. The van der Waals surface area contributed by atoms with Crippen LogP contribution in [0.3, 0.4) is 0 Å². The molecule has 0 heterocycles. The van der Waals surface area contributed by atoms with Gasteiger partial charge in [0.2, 0.25) is 0 Å². The van der Waals surface area contributed by atoms with E-state index in [0.29, 0.717) is 11.1 Å². The van der Waals surface area contributed by atoms with E-state index in [1.807, 2.05) is 27.7 Å². The lowest BCUT2D eigenvalue weighted by Crippen LogP contribution is -1.95. The highest BCUT2D eigenvalue weighted by Gasteiger charge is 2.14. The molecule has 0 saturated heterocycles. The molecule has 0 aliphatic carbocycles. The van der Waals surface area contributed by atoms with Gasteiger partial charge in [-0.2, -0.15) is 0 Å². The average molecular weight is 196 g/mol. The highest BCUT2D eigenvalue weighted by atomic mass is 16.3. The Morgan fingerprint density at radius 1 is 1.00 bits per heavy atom. The molecule has 2 nitrogen and oxygen atoms in total. The van der Waals surface area contributed by atoms with Gasteiger partial charge in [-0.25, -0.2) is 0 Å². The number of phenolic OH excluding ortho intramolecular Hbond substituents is 2. The Morgan fingerprint density at radius 3 is 1.64 bits per heavy atom. The number of hydrogen-bond acceptors (Lipinski definition) is 2. The van der Waals surface area contributed by atoms with Crippen LogP contribution in [0.15, 0.2) is 12.1 Å². The quantitative estimate of drug-likeness (QED) is 0.712. The molecule has 0 spiro atoms. The molecule has 1 rings (SSSR count). The van der Waals surface area contributed by atoms with Gasteiger partial charge in [-0.15, -0.1) is 0 Å². The van der Waals surface area contributed by atoms with E-state index >= 15 is 0 Å². The molecule has 78 valence electrons. The molecular weight excluding hydrogens is 176 g/mol. The molecular formula is C12H18O2. The van der Waals surface area contributed by atoms with Crippen molar-refractivity contribution in [1.29, 1.82) is 0 Å². The number of benzene rings is 1. The van der Waals surface area contributed by atoms with E-state index in [1.54, 1.807) is 0 Å². The van der Waals surface area contributed by atoms with Gasteiger partial charge in [0.15, 0.2) is 0 Å². The first-order valence-corrected chi connectivity index (χ1v) is 4.83. The van der Waals surface area contributed by atoms with Crippen LogP contribution in [0.5, 0.6) is 11.5 Å². The molecule has 0 radical (unpaired) electrons. The summed E-state index contributed by atoms with van der Waals surface area (Å²) in [5.74, 6) is -0.476. The summed E-state index contributed by atoms with van der Waals surface area (Å²) in [6.07, 6.45) is 0. The van der Waals surface area contributed by atoms with E-state index in [0.717, 1.165) is 0 Å². The van der Waals surface area contributed by atoms with Gasteiger partial charge in [0.05, 0.1) is 2.74 Å². The molecule has 0 aliphatic rings. The standard InChI is InChI=1S/C12H18O2/c1-7(2)10-5-9(13)6-11(8(3)4)12(10)14/h5-8,13-14H,1-4H3/i5D,6D. The summed E-state index contributed by atoms with van der Waals surface area (Å²) in [4.78, 5) is 0. The predicted molar refractivity (Wildman–Crippen MR) is 57.9 cm³/mol. The molecule has 0 aromatic heterocycles. The van der Waals surface area contributed by atoms with Crippen LogP contribution >= 0.6 is 0 Å². The zero-order valence-electron chi connectivity index (χ0n) is 11.0. The molecule has 0 amide bonds. The van der Waals surface area contributed by atoms with E-state index in [4.69, 9.17) is 2.74 Å². The number of phenols is 2. The van der Waals surface area contributed by atoms with Crippen LogP contribution in [0, 0.1) is 0 Å². The van der Waals surface area contributed by atoms with Crippen molar-refractivity contribution in [3.05, 3.63) is 23.2 Å². The second-order valence-electron chi connectivity index (χ2n) is 4.08. The fraction of sp³-hybridized carbons (Fsp3) is 0.500. The van der Waals surface area contributed by atoms with Crippen LogP contribution < -0.4 is 0 Å². The third-order valence-electron chi connectivity index (χ3n) is 2.17. The van der Waals surface area contributed by atoms with Crippen LogP contribution in [0.2, 0.25) is 0 Å². The van der Waals surface area contributed by atoms with Crippen LogP contribution in [-0.2, 0) is 0 Å². The van der Waals surface area contributed by atoms with Gasteiger partial charge >= 0.3 is 0 Å². The number of hydrogen-bond donors (Lipinski definition) is 2. The Bertz CT molecular complexity index is 377. The highest BCUT2D eigenvalue weighted by molar-refractivity contribution is 5.48. The van der Waals surface area contributed by atoms with Crippen molar-refractivity contribution in [3.8, 4) is 11.5 Å². The first-order valence-electron chi connectivity index (χ1n) is 5.83. The predicted octanol–water partition coefficient (Wildman–Crippen LogP) is 3.34. The Balaban J connectivity index is 3.66. The zero-order valence-corrected chi connectivity index (χ0v) is 9.05. The third kappa shape index (κ3) is 2.00. The van der Waals surface area contributed by atoms with Crippen molar-refractivity contribution >= 4 is 0 Å². The molecule has 1 aromatic rings. The molecule has 0 atom stereocenters. The van der Waals surface area contributed by atoms with Crippen molar-refractivity contribution in [2.75, 3.05) is 0 Å². The van der Waals surface area contributed by atoms with Crippen molar-refractivity contribution in [3.63, 3.8) is 0 Å². The van der Waals surface area contributed by atoms with Crippen LogP contribution in [0.25, 0.3) is 0 Å². The zero-order chi connectivity index (χ0) is 12.6. The van der Waals surface area contributed by atoms with Gasteiger partial charge < -0.3 is 10.2 Å². The van der Waals surface area contributed by atoms with Crippen molar-refractivity contribution in [1.82, 2.24) is 0 Å². The number of aromatic hydroxyl groups is 2. The van der Waals surface area contributed by atoms with Gasteiger partial charge in [-0.3, -0.25) is 0 Å².